The summed E-state index contributed by atoms with van der Waals surface area (Å²) < 4.78 is 10.0. The molecule has 0 unspecified atom stereocenters. The van der Waals surface area contributed by atoms with Crippen LogP contribution >= 0.6 is 0 Å². The summed E-state index contributed by atoms with van der Waals surface area (Å²) in [5, 5.41) is 0. The highest BCUT2D eigenvalue weighted by atomic mass is 16.5. The Bertz CT molecular complexity index is 626. The average Bonchev–Trinajstić information content (AvgIpc) is 2.55. The highest BCUT2D eigenvalue weighted by Crippen LogP contribution is 2.24. The second-order valence-corrected chi connectivity index (χ2v) is 4.24. The van der Waals surface area contributed by atoms with E-state index < -0.39 is 11.9 Å². The minimum Gasteiger partial charge on any atom is -0.462 e. The van der Waals surface area contributed by atoms with E-state index in [2.05, 4.69) is 9.97 Å². The summed E-state index contributed by atoms with van der Waals surface area (Å²) in [4.78, 5) is 32.4. The molecule has 0 radical (unpaired) electrons. The van der Waals surface area contributed by atoms with Crippen molar-refractivity contribution in [3.8, 4) is 11.4 Å². The van der Waals surface area contributed by atoms with Crippen LogP contribution in [0.4, 0.5) is 0 Å². The number of carbonyl (C=O) groups excluding carboxylic acids is 2. The lowest BCUT2D eigenvalue weighted by Crippen LogP contribution is -2.11. The topological polar surface area (TPSA) is 78.4 Å². The van der Waals surface area contributed by atoms with E-state index in [0.717, 1.165) is 0 Å². The van der Waals surface area contributed by atoms with Gasteiger partial charge in [-0.3, -0.25) is 9.97 Å². The summed E-state index contributed by atoms with van der Waals surface area (Å²) in [7, 11) is 0. The van der Waals surface area contributed by atoms with Crippen LogP contribution in [0.1, 0.15) is 34.6 Å². The van der Waals surface area contributed by atoms with E-state index in [1.165, 1.54) is 12.4 Å². The number of pyridine rings is 2. The number of ether oxygens (including phenoxy) is 2. The van der Waals surface area contributed by atoms with Crippen LogP contribution in [0.3, 0.4) is 0 Å². The maximum Gasteiger partial charge on any atom is 0.340 e. The molecule has 0 aliphatic rings. The molecule has 0 spiro atoms. The number of carbonyl (C=O) groups is 2. The second kappa shape index (κ2) is 7.31. The Labute approximate surface area is 128 Å². The van der Waals surface area contributed by atoms with E-state index in [-0.39, 0.29) is 24.3 Å². The Morgan fingerprint density at radius 2 is 1.27 bits per heavy atom. The molecule has 6 heteroatoms. The van der Waals surface area contributed by atoms with Gasteiger partial charge in [-0.1, -0.05) is 0 Å². The molecule has 114 valence electrons. The van der Waals surface area contributed by atoms with Crippen molar-refractivity contribution in [2.75, 3.05) is 13.2 Å². The summed E-state index contributed by atoms with van der Waals surface area (Å²) in [6.45, 7) is 3.94. The van der Waals surface area contributed by atoms with E-state index in [0.29, 0.717) is 11.4 Å². The van der Waals surface area contributed by atoms with Crippen molar-refractivity contribution in [3.05, 3.63) is 47.8 Å². The normalized spacial score (nSPS) is 10.1. The van der Waals surface area contributed by atoms with Crippen molar-refractivity contribution < 1.29 is 19.1 Å². The van der Waals surface area contributed by atoms with Crippen LogP contribution in [0.2, 0.25) is 0 Å². The van der Waals surface area contributed by atoms with Crippen LogP contribution in [0, 0.1) is 0 Å². The molecule has 0 aliphatic heterocycles. The lowest BCUT2D eigenvalue weighted by atomic mass is 10.1. The van der Waals surface area contributed by atoms with Gasteiger partial charge in [0.25, 0.3) is 0 Å². The number of rotatable bonds is 5. The summed E-state index contributed by atoms with van der Waals surface area (Å²) in [6, 6.07) is 6.43. The molecule has 0 amide bonds. The van der Waals surface area contributed by atoms with Crippen LogP contribution in [-0.4, -0.2) is 35.1 Å². The van der Waals surface area contributed by atoms with Gasteiger partial charge in [0.05, 0.1) is 24.3 Å². The molecule has 0 aromatic carbocycles. The van der Waals surface area contributed by atoms with Crippen molar-refractivity contribution in [2.24, 2.45) is 0 Å². The highest BCUT2D eigenvalue weighted by molar-refractivity contribution is 6.01. The highest BCUT2D eigenvalue weighted by Gasteiger charge is 2.21. The van der Waals surface area contributed by atoms with Crippen molar-refractivity contribution >= 4 is 11.9 Å². The van der Waals surface area contributed by atoms with Crippen LogP contribution < -0.4 is 0 Å². The molecule has 2 heterocycles. The Morgan fingerprint density at radius 3 is 1.64 bits per heavy atom. The maximum absolute atomic E-state index is 12.0. The Hall–Kier alpha value is -2.76. The minimum atomic E-state index is -0.508. The predicted molar refractivity (Wildman–Crippen MR) is 79.4 cm³/mol. The van der Waals surface area contributed by atoms with Crippen molar-refractivity contribution in [3.63, 3.8) is 0 Å². The first-order valence-electron chi connectivity index (χ1n) is 6.93. The third kappa shape index (κ3) is 3.28. The molecule has 0 saturated carbocycles. The fraction of sp³-hybridized carbons (Fsp3) is 0.250. The largest absolute Gasteiger partial charge is 0.462 e. The maximum atomic E-state index is 12.0. The smallest absolute Gasteiger partial charge is 0.340 e. The minimum absolute atomic E-state index is 0.250. The van der Waals surface area contributed by atoms with Crippen molar-refractivity contribution in [1.29, 1.82) is 0 Å². The molecule has 0 aliphatic carbocycles. The zero-order chi connectivity index (χ0) is 15.9. The zero-order valence-electron chi connectivity index (χ0n) is 12.4. The third-order valence-corrected chi connectivity index (χ3v) is 2.83. The van der Waals surface area contributed by atoms with Gasteiger partial charge in [0.2, 0.25) is 0 Å². The molecule has 2 rings (SSSR count). The molecule has 0 N–H and O–H groups in total. The zero-order valence-corrected chi connectivity index (χ0v) is 12.4. The van der Waals surface area contributed by atoms with Gasteiger partial charge in [-0.05, 0) is 38.1 Å². The van der Waals surface area contributed by atoms with Gasteiger partial charge in [0, 0.05) is 12.4 Å². The fourth-order valence-electron chi connectivity index (χ4n) is 1.94. The summed E-state index contributed by atoms with van der Waals surface area (Å²) in [6.07, 6.45) is 3.06. The van der Waals surface area contributed by atoms with E-state index >= 15 is 0 Å². The first kappa shape index (κ1) is 15.6. The molecular formula is C16H16N2O4. The van der Waals surface area contributed by atoms with Crippen LogP contribution in [0.25, 0.3) is 11.4 Å². The van der Waals surface area contributed by atoms with Crippen molar-refractivity contribution in [1.82, 2.24) is 9.97 Å². The molecule has 6 nitrogen and oxygen atoms in total. The number of aromatic nitrogens is 2. The van der Waals surface area contributed by atoms with Gasteiger partial charge in [0.15, 0.2) is 0 Å². The molecule has 0 atom stereocenters. The second-order valence-electron chi connectivity index (χ2n) is 4.24. The van der Waals surface area contributed by atoms with E-state index in [4.69, 9.17) is 9.47 Å². The van der Waals surface area contributed by atoms with E-state index in [1.54, 1.807) is 38.1 Å². The lowest BCUT2D eigenvalue weighted by molar-refractivity contribution is 0.0514. The number of hydrogen-bond donors (Lipinski definition) is 0. The SMILES string of the molecule is CCOC(=O)c1cccnc1-c1ncccc1C(=O)OCC. The Kier molecular flexibility index (Phi) is 5.19. The monoisotopic (exact) mass is 300 g/mol. The molecule has 22 heavy (non-hydrogen) atoms. The standard InChI is InChI=1S/C16H16N2O4/c1-3-21-15(19)11-7-5-9-17-13(11)14-12(8-6-10-18-14)16(20)22-4-2/h5-10H,3-4H2,1-2H3. The van der Waals surface area contributed by atoms with Crippen LogP contribution in [0.5, 0.6) is 0 Å². The van der Waals surface area contributed by atoms with E-state index in [9.17, 15) is 9.59 Å². The predicted octanol–water partition coefficient (Wildman–Crippen LogP) is 2.50. The quantitative estimate of drug-likeness (QED) is 0.789. The Morgan fingerprint density at radius 1 is 0.864 bits per heavy atom. The first-order valence-corrected chi connectivity index (χ1v) is 6.93. The van der Waals surface area contributed by atoms with Crippen LogP contribution in [-0.2, 0) is 9.47 Å². The first-order chi connectivity index (χ1) is 10.7. The molecular weight excluding hydrogens is 284 g/mol. The fourth-order valence-corrected chi connectivity index (χ4v) is 1.94. The lowest BCUT2D eigenvalue weighted by Gasteiger charge is -2.10. The number of esters is 2. The Balaban J connectivity index is 2.53. The van der Waals surface area contributed by atoms with Crippen LogP contribution in [0.15, 0.2) is 36.7 Å². The number of hydrogen-bond acceptors (Lipinski definition) is 6. The molecule has 2 aromatic heterocycles. The van der Waals surface area contributed by atoms with Gasteiger partial charge >= 0.3 is 11.9 Å². The summed E-state index contributed by atoms with van der Waals surface area (Å²) in [5.41, 5.74) is 1.11. The molecule has 0 bridgehead atoms. The summed E-state index contributed by atoms with van der Waals surface area (Å²) in [5.74, 6) is -1.02. The average molecular weight is 300 g/mol. The van der Waals surface area contributed by atoms with Crippen molar-refractivity contribution in [2.45, 2.75) is 13.8 Å². The molecule has 0 fully saturated rings. The van der Waals surface area contributed by atoms with E-state index in [1.807, 2.05) is 0 Å². The third-order valence-electron chi connectivity index (χ3n) is 2.83. The van der Waals surface area contributed by atoms with Gasteiger partial charge in [-0.2, -0.15) is 0 Å². The molecule has 0 saturated heterocycles. The molecule has 2 aromatic rings. The van der Waals surface area contributed by atoms with Gasteiger partial charge in [0.1, 0.15) is 11.4 Å². The van der Waals surface area contributed by atoms with Gasteiger partial charge < -0.3 is 9.47 Å². The van der Waals surface area contributed by atoms with Gasteiger partial charge in [-0.25, -0.2) is 9.59 Å². The van der Waals surface area contributed by atoms with Gasteiger partial charge in [-0.15, -0.1) is 0 Å². The number of nitrogens with zero attached hydrogens (tertiary/aromatic N) is 2. The summed E-state index contributed by atoms with van der Waals surface area (Å²) >= 11 is 0.